The molecule has 0 radical (unpaired) electrons. The first-order chi connectivity index (χ1) is 16.2. The van der Waals surface area contributed by atoms with Crippen molar-refractivity contribution in [1.82, 2.24) is 5.32 Å². The molecule has 0 aliphatic rings. The van der Waals surface area contributed by atoms with Crippen LogP contribution in [-0.4, -0.2) is 34.2 Å². The second-order valence-electron chi connectivity index (χ2n) is 8.43. The lowest BCUT2D eigenvalue weighted by molar-refractivity contribution is 0.0953. The van der Waals surface area contributed by atoms with Crippen molar-refractivity contribution in [3.8, 4) is 5.75 Å². The molecule has 0 fully saturated rings. The molecule has 34 heavy (non-hydrogen) atoms. The zero-order chi connectivity index (χ0) is 24.7. The number of methoxy groups -OCH3 is 1. The Bertz CT molecular complexity index is 1240. The molecular weight excluding hydrogens is 448 g/mol. The number of anilines is 1. The summed E-state index contributed by atoms with van der Waals surface area (Å²) in [6.45, 7) is 4.58. The number of para-hydroxylation sites is 1. The Kier molecular flexibility index (Phi) is 8.34. The molecule has 180 valence electrons. The molecular formula is C27H32N2O4S. The van der Waals surface area contributed by atoms with Crippen LogP contribution in [0.15, 0.2) is 66.7 Å². The fourth-order valence-electron chi connectivity index (χ4n) is 3.79. The van der Waals surface area contributed by atoms with Crippen LogP contribution in [0.4, 0.5) is 5.69 Å². The molecule has 7 heteroatoms. The van der Waals surface area contributed by atoms with E-state index in [1.54, 1.807) is 31.4 Å². The Morgan fingerprint density at radius 1 is 1.00 bits per heavy atom. The van der Waals surface area contributed by atoms with Gasteiger partial charge in [-0.15, -0.1) is 0 Å². The van der Waals surface area contributed by atoms with E-state index in [0.29, 0.717) is 17.8 Å². The first-order valence-electron chi connectivity index (χ1n) is 11.2. The Morgan fingerprint density at radius 3 is 2.38 bits per heavy atom. The maximum Gasteiger partial charge on any atom is 0.251 e. The monoisotopic (exact) mass is 480 g/mol. The smallest absolute Gasteiger partial charge is 0.251 e. The number of carbonyl (C=O) groups is 1. The van der Waals surface area contributed by atoms with Crippen LogP contribution in [0.2, 0.25) is 0 Å². The van der Waals surface area contributed by atoms with Gasteiger partial charge in [-0.1, -0.05) is 42.5 Å². The molecule has 1 amide bonds. The Hall–Kier alpha value is -3.32. The summed E-state index contributed by atoms with van der Waals surface area (Å²) in [5.74, 6) is 0.703. The number of hydrogen-bond acceptors (Lipinski definition) is 4. The zero-order valence-electron chi connectivity index (χ0n) is 20.2. The summed E-state index contributed by atoms with van der Waals surface area (Å²) in [7, 11) is -1.83. The average Bonchev–Trinajstić information content (AvgIpc) is 2.81. The summed E-state index contributed by atoms with van der Waals surface area (Å²) in [5.41, 5.74) is 5.01. The number of nitrogens with zero attached hydrogens (tertiary/aromatic N) is 1. The molecule has 0 heterocycles. The largest absolute Gasteiger partial charge is 0.496 e. The average molecular weight is 481 g/mol. The number of benzene rings is 3. The van der Waals surface area contributed by atoms with E-state index >= 15 is 0 Å². The van der Waals surface area contributed by atoms with Gasteiger partial charge in [0.15, 0.2) is 0 Å². The lowest BCUT2D eigenvalue weighted by Crippen LogP contribution is -2.30. The van der Waals surface area contributed by atoms with Gasteiger partial charge in [-0.3, -0.25) is 9.10 Å². The summed E-state index contributed by atoms with van der Waals surface area (Å²) < 4.78 is 31.8. The van der Waals surface area contributed by atoms with E-state index in [1.807, 2.05) is 56.3 Å². The van der Waals surface area contributed by atoms with Crippen LogP contribution >= 0.6 is 0 Å². The highest BCUT2D eigenvalue weighted by atomic mass is 32.2. The summed E-state index contributed by atoms with van der Waals surface area (Å²) in [4.78, 5) is 12.5. The minimum absolute atomic E-state index is 0.152. The summed E-state index contributed by atoms with van der Waals surface area (Å²) >= 11 is 0. The lowest BCUT2D eigenvalue weighted by atomic mass is 10.1. The lowest BCUT2D eigenvalue weighted by Gasteiger charge is -2.25. The molecule has 3 aromatic rings. The van der Waals surface area contributed by atoms with E-state index in [0.717, 1.165) is 40.8 Å². The number of amides is 1. The minimum Gasteiger partial charge on any atom is -0.496 e. The number of rotatable bonds is 10. The molecule has 0 saturated carbocycles. The van der Waals surface area contributed by atoms with Crippen molar-refractivity contribution in [2.75, 3.05) is 24.2 Å². The fourth-order valence-corrected chi connectivity index (χ4v) is 4.73. The molecule has 6 nitrogen and oxygen atoms in total. The zero-order valence-corrected chi connectivity index (χ0v) is 21.0. The third kappa shape index (κ3) is 6.60. The molecule has 0 unspecified atom stereocenters. The quantitative estimate of drug-likeness (QED) is 0.429. The van der Waals surface area contributed by atoms with Gasteiger partial charge in [0, 0.05) is 12.1 Å². The highest BCUT2D eigenvalue weighted by Crippen LogP contribution is 2.26. The predicted molar refractivity (Wildman–Crippen MR) is 137 cm³/mol. The molecule has 3 aromatic carbocycles. The number of nitrogens with one attached hydrogen (secondary N) is 1. The van der Waals surface area contributed by atoms with Crippen LogP contribution in [0.5, 0.6) is 5.75 Å². The van der Waals surface area contributed by atoms with Gasteiger partial charge < -0.3 is 10.1 Å². The van der Waals surface area contributed by atoms with Gasteiger partial charge in [0.25, 0.3) is 5.91 Å². The first kappa shape index (κ1) is 25.3. The van der Waals surface area contributed by atoms with Crippen LogP contribution in [-0.2, 0) is 23.0 Å². The number of ether oxygens (including phenoxy) is 1. The third-order valence-electron chi connectivity index (χ3n) is 5.68. The SMILES string of the molecule is COc1ccccc1CCCNC(=O)c1ccc(CN(c2cc(C)ccc2C)S(C)(=O)=O)cc1. The van der Waals surface area contributed by atoms with E-state index < -0.39 is 10.0 Å². The Balaban J connectivity index is 1.61. The molecule has 0 aliphatic heterocycles. The van der Waals surface area contributed by atoms with Crippen molar-refractivity contribution in [2.24, 2.45) is 0 Å². The summed E-state index contributed by atoms with van der Waals surface area (Å²) in [6.07, 6.45) is 2.81. The van der Waals surface area contributed by atoms with Crippen LogP contribution in [0, 0.1) is 13.8 Å². The van der Waals surface area contributed by atoms with Gasteiger partial charge in [0.05, 0.1) is 25.6 Å². The van der Waals surface area contributed by atoms with Gasteiger partial charge in [-0.05, 0) is 73.2 Å². The van der Waals surface area contributed by atoms with E-state index in [4.69, 9.17) is 4.74 Å². The van der Waals surface area contributed by atoms with Crippen molar-refractivity contribution < 1.29 is 17.9 Å². The van der Waals surface area contributed by atoms with Crippen LogP contribution in [0.1, 0.15) is 39.0 Å². The molecule has 3 rings (SSSR count). The molecule has 0 atom stereocenters. The molecule has 0 bridgehead atoms. The predicted octanol–water partition coefficient (Wildman–Crippen LogP) is 4.64. The highest BCUT2D eigenvalue weighted by Gasteiger charge is 2.20. The number of hydrogen-bond donors (Lipinski definition) is 1. The molecule has 0 aromatic heterocycles. The van der Waals surface area contributed by atoms with Crippen molar-refractivity contribution in [1.29, 1.82) is 0 Å². The number of carbonyl (C=O) groups excluding carboxylic acids is 1. The Labute approximate surface area is 202 Å². The maximum absolute atomic E-state index is 12.5. The van der Waals surface area contributed by atoms with Gasteiger partial charge >= 0.3 is 0 Å². The third-order valence-corrected chi connectivity index (χ3v) is 6.80. The minimum atomic E-state index is -3.48. The number of aryl methyl sites for hydroxylation is 3. The Morgan fingerprint density at radius 2 is 1.71 bits per heavy atom. The molecule has 1 N–H and O–H groups in total. The summed E-state index contributed by atoms with van der Waals surface area (Å²) in [5, 5.41) is 2.94. The normalized spacial score (nSPS) is 11.2. The van der Waals surface area contributed by atoms with E-state index in [-0.39, 0.29) is 12.5 Å². The van der Waals surface area contributed by atoms with Gasteiger partial charge in [-0.2, -0.15) is 0 Å². The first-order valence-corrected chi connectivity index (χ1v) is 13.1. The van der Waals surface area contributed by atoms with Gasteiger partial charge in [-0.25, -0.2) is 8.42 Å². The van der Waals surface area contributed by atoms with E-state index in [1.165, 1.54) is 10.6 Å². The maximum atomic E-state index is 12.5. The van der Waals surface area contributed by atoms with Crippen molar-refractivity contribution in [3.05, 3.63) is 94.5 Å². The van der Waals surface area contributed by atoms with Gasteiger partial charge in [0.1, 0.15) is 5.75 Å². The standard InChI is InChI=1S/C27H32N2O4S/c1-20-11-12-21(2)25(18-20)29(34(4,31)32)19-22-13-15-24(16-14-22)27(30)28-17-7-9-23-8-5-6-10-26(23)33-3/h5-6,8,10-16,18H,7,9,17,19H2,1-4H3,(H,28,30). The molecule has 0 saturated heterocycles. The van der Waals surface area contributed by atoms with Gasteiger partial charge in [0.2, 0.25) is 10.0 Å². The second kappa shape index (κ2) is 11.2. The summed E-state index contributed by atoms with van der Waals surface area (Å²) in [6, 6.07) is 20.7. The highest BCUT2D eigenvalue weighted by molar-refractivity contribution is 7.92. The van der Waals surface area contributed by atoms with E-state index in [9.17, 15) is 13.2 Å². The van der Waals surface area contributed by atoms with E-state index in [2.05, 4.69) is 5.32 Å². The fraction of sp³-hybridized carbons (Fsp3) is 0.296. The van der Waals surface area contributed by atoms with Crippen molar-refractivity contribution in [2.45, 2.75) is 33.2 Å². The van der Waals surface area contributed by atoms with Crippen LogP contribution in [0.25, 0.3) is 0 Å². The van der Waals surface area contributed by atoms with Crippen molar-refractivity contribution in [3.63, 3.8) is 0 Å². The second-order valence-corrected chi connectivity index (χ2v) is 10.3. The topological polar surface area (TPSA) is 75.7 Å². The molecule has 0 spiro atoms. The van der Waals surface area contributed by atoms with Crippen LogP contribution < -0.4 is 14.4 Å². The van der Waals surface area contributed by atoms with Crippen molar-refractivity contribution >= 4 is 21.6 Å². The number of sulfonamides is 1. The molecule has 0 aliphatic carbocycles. The van der Waals surface area contributed by atoms with Crippen LogP contribution in [0.3, 0.4) is 0 Å².